The topological polar surface area (TPSA) is 62.1 Å². The highest BCUT2D eigenvalue weighted by Crippen LogP contribution is 2.42. The van der Waals surface area contributed by atoms with Gasteiger partial charge in [0.05, 0.1) is 25.3 Å². The maximum Gasteiger partial charge on any atom is 0.175 e. The van der Waals surface area contributed by atoms with Crippen molar-refractivity contribution in [3.8, 4) is 11.5 Å². The SMILES string of the molecule is COc1ccc(OC)c(Sc2nc3cncnc3n2CC(c2ccccc2)C2CCCC2)c1. The van der Waals surface area contributed by atoms with Crippen LogP contribution in [0.2, 0.25) is 0 Å². The summed E-state index contributed by atoms with van der Waals surface area (Å²) in [4.78, 5) is 14.7. The number of methoxy groups -OCH3 is 2. The fourth-order valence-electron chi connectivity index (χ4n) is 4.84. The van der Waals surface area contributed by atoms with Crippen LogP contribution in [0, 0.1) is 5.92 Å². The Bertz CT molecular complexity index is 1220. The van der Waals surface area contributed by atoms with Gasteiger partial charge in [0.2, 0.25) is 0 Å². The van der Waals surface area contributed by atoms with E-state index in [1.54, 1.807) is 38.5 Å². The number of aromatic nitrogens is 4. The van der Waals surface area contributed by atoms with Crippen LogP contribution in [-0.4, -0.2) is 33.7 Å². The molecule has 5 rings (SSSR count). The third-order valence-corrected chi connectivity index (χ3v) is 7.56. The lowest BCUT2D eigenvalue weighted by atomic mass is 9.84. The second-order valence-electron chi connectivity index (χ2n) is 8.42. The van der Waals surface area contributed by atoms with Crippen LogP contribution in [0.15, 0.2) is 71.1 Å². The Morgan fingerprint density at radius 1 is 1.06 bits per heavy atom. The summed E-state index contributed by atoms with van der Waals surface area (Å²) < 4.78 is 13.3. The molecule has 1 aliphatic rings. The van der Waals surface area contributed by atoms with Crippen LogP contribution >= 0.6 is 11.8 Å². The molecule has 4 aromatic rings. The fourth-order valence-corrected chi connectivity index (χ4v) is 5.88. The molecule has 0 amide bonds. The summed E-state index contributed by atoms with van der Waals surface area (Å²) >= 11 is 1.58. The van der Waals surface area contributed by atoms with Crippen LogP contribution in [0.5, 0.6) is 11.5 Å². The van der Waals surface area contributed by atoms with E-state index in [1.165, 1.54) is 31.2 Å². The molecule has 1 atom stereocenters. The number of hydrogen-bond donors (Lipinski definition) is 0. The van der Waals surface area contributed by atoms with Crippen LogP contribution < -0.4 is 9.47 Å². The van der Waals surface area contributed by atoms with Gasteiger partial charge in [0.1, 0.15) is 23.3 Å². The first-order chi connectivity index (χ1) is 16.3. The summed E-state index contributed by atoms with van der Waals surface area (Å²) in [5.41, 5.74) is 3.06. The van der Waals surface area contributed by atoms with Gasteiger partial charge >= 0.3 is 0 Å². The van der Waals surface area contributed by atoms with Crippen LogP contribution in [0.25, 0.3) is 11.2 Å². The molecule has 6 nitrogen and oxygen atoms in total. The Morgan fingerprint density at radius 2 is 1.88 bits per heavy atom. The molecule has 33 heavy (non-hydrogen) atoms. The van der Waals surface area contributed by atoms with Crippen molar-refractivity contribution in [2.45, 2.75) is 48.2 Å². The third-order valence-electron chi connectivity index (χ3n) is 6.52. The lowest BCUT2D eigenvalue weighted by Gasteiger charge is -2.25. The van der Waals surface area contributed by atoms with E-state index in [1.807, 2.05) is 18.2 Å². The summed E-state index contributed by atoms with van der Waals surface area (Å²) in [5, 5.41) is 0.885. The minimum atomic E-state index is 0.410. The normalized spacial score (nSPS) is 15.1. The maximum absolute atomic E-state index is 5.62. The average Bonchev–Trinajstić information content (AvgIpc) is 3.51. The first-order valence-electron chi connectivity index (χ1n) is 11.4. The fraction of sp³-hybridized carbons (Fsp3) is 0.346. The van der Waals surface area contributed by atoms with E-state index in [9.17, 15) is 0 Å². The van der Waals surface area contributed by atoms with E-state index < -0.39 is 0 Å². The molecule has 0 bridgehead atoms. The van der Waals surface area contributed by atoms with Crippen molar-refractivity contribution in [3.05, 3.63) is 66.6 Å². The number of benzene rings is 2. The lowest BCUT2D eigenvalue weighted by molar-refractivity contribution is 0.381. The van der Waals surface area contributed by atoms with Gasteiger partial charge in [0.15, 0.2) is 10.8 Å². The van der Waals surface area contributed by atoms with Crippen molar-refractivity contribution in [2.24, 2.45) is 5.92 Å². The van der Waals surface area contributed by atoms with Gasteiger partial charge in [0.25, 0.3) is 0 Å². The third kappa shape index (κ3) is 4.55. The molecule has 2 aromatic carbocycles. The maximum atomic E-state index is 5.62. The number of nitrogens with zero attached hydrogens (tertiary/aromatic N) is 4. The average molecular weight is 461 g/mol. The van der Waals surface area contributed by atoms with E-state index in [0.29, 0.717) is 11.8 Å². The Balaban J connectivity index is 1.57. The standard InChI is InChI=1S/C26H28N4O2S/c1-31-20-12-13-23(32-2)24(14-20)33-26-29-22-15-27-17-28-25(22)30(26)16-21(19-10-6-7-11-19)18-8-4-3-5-9-18/h3-5,8-9,12-15,17,19,21H,6-7,10-11,16H2,1-2H3. The van der Waals surface area contributed by atoms with Gasteiger partial charge in [0, 0.05) is 12.5 Å². The monoisotopic (exact) mass is 460 g/mol. The van der Waals surface area contributed by atoms with Crippen LogP contribution in [0.3, 0.4) is 0 Å². The minimum absolute atomic E-state index is 0.410. The number of hydrogen-bond acceptors (Lipinski definition) is 6. The highest BCUT2D eigenvalue weighted by Gasteiger charge is 2.28. The summed E-state index contributed by atoms with van der Waals surface area (Å²) in [5.74, 6) is 2.65. The van der Waals surface area contributed by atoms with Gasteiger partial charge in [-0.3, -0.25) is 0 Å². The van der Waals surface area contributed by atoms with Gasteiger partial charge in [-0.05, 0) is 54.3 Å². The zero-order valence-electron chi connectivity index (χ0n) is 19.0. The van der Waals surface area contributed by atoms with E-state index >= 15 is 0 Å². The zero-order valence-corrected chi connectivity index (χ0v) is 19.8. The zero-order chi connectivity index (χ0) is 22.6. The predicted molar refractivity (Wildman–Crippen MR) is 130 cm³/mol. The van der Waals surface area contributed by atoms with Gasteiger partial charge < -0.3 is 14.0 Å². The Kier molecular flexibility index (Phi) is 6.48. The summed E-state index contributed by atoms with van der Waals surface area (Å²) in [6.07, 6.45) is 8.56. The highest BCUT2D eigenvalue weighted by molar-refractivity contribution is 7.99. The first-order valence-corrected chi connectivity index (χ1v) is 12.2. The molecule has 1 unspecified atom stereocenters. The number of fused-ring (bicyclic) bond motifs is 1. The largest absolute Gasteiger partial charge is 0.497 e. The number of imidazole rings is 1. The molecule has 7 heteroatoms. The molecule has 1 aliphatic carbocycles. The number of rotatable bonds is 8. The van der Waals surface area contributed by atoms with E-state index in [4.69, 9.17) is 14.5 Å². The Hall–Kier alpha value is -3.06. The van der Waals surface area contributed by atoms with Gasteiger partial charge in [-0.2, -0.15) is 0 Å². The molecule has 2 heterocycles. The van der Waals surface area contributed by atoms with Crippen molar-refractivity contribution in [2.75, 3.05) is 14.2 Å². The van der Waals surface area contributed by atoms with Gasteiger partial charge in [-0.1, -0.05) is 43.2 Å². The molecular formula is C26H28N4O2S. The molecule has 1 saturated carbocycles. The molecule has 0 saturated heterocycles. The van der Waals surface area contributed by atoms with Crippen molar-refractivity contribution >= 4 is 22.9 Å². The van der Waals surface area contributed by atoms with E-state index in [2.05, 4.69) is 44.9 Å². The minimum Gasteiger partial charge on any atom is -0.497 e. The smallest absolute Gasteiger partial charge is 0.175 e. The first kappa shape index (κ1) is 21.8. The molecule has 1 fully saturated rings. The summed E-state index contributed by atoms with van der Waals surface area (Å²) in [7, 11) is 3.36. The molecule has 0 radical (unpaired) electrons. The molecule has 0 spiro atoms. The van der Waals surface area contributed by atoms with E-state index in [-0.39, 0.29) is 0 Å². The quantitative estimate of drug-likeness (QED) is 0.323. The predicted octanol–water partition coefficient (Wildman–Crippen LogP) is 5.97. The second kappa shape index (κ2) is 9.83. The number of ether oxygens (including phenoxy) is 2. The second-order valence-corrected chi connectivity index (χ2v) is 9.43. The van der Waals surface area contributed by atoms with Crippen LogP contribution in [0.1, 0.15) is 37.2 Å². The van der Waals surface area contributed by atoms with Gasteiger partial charge in [-0.15, -0.1) is 0 Å². The van der Waals surface area contributed by atoms with Crippen molar-refractivity contribution in [1.82, 2.24) is 19.5 Å². The Labute approximate surface area is 198 Å². The molecular weight excluding hydrogens is 432 g/mol. The van der Waals surface area contributed by atoms with Crippen molar-refractivity contribution in [1.29, 1.82) is 0 Å². The molecule has 2 aromatic heterocycles. The lowest BCUT2D eigenvalue weighted by Crippen LogP contribution is -2.17. The Morgan fingerprint density at radius 3 is 2.64 bits per heavy atom. The molecule has 170 valence electrons. The molecule has 0 N–H and O–H groups in total. The molecule has 0 aliphatic heterocycles. The van der Waals surface area contributed by atoms with Crippen molar-refractivity contribution in [3.63, 3.8) is 0 Å². The van der Waals surface area contributed by atoms with E-state index in [0.717, 1.165) is 39.3 Å². The van der Waals surface area contributed by atoms with Crippen LogP contribution in [0.4, 0.5) is 0 Å². The summed E-state index contributed by atoms with van der Waals surface area (Å²) in [6.45, 7) is 0.830. The van der Waals surface area contributed by atoms with Crippen LogP contribution in [-0.2, 0) is 6.54 Å². The van der Waals surface area contributed by atoms with Crippen molar-refractivity contribution < 1.29 is 9.47 Å². The van der Waals surface area contributed by atoms with Gasteiger partial charge in [-0.25, -0.2) is 15.0 Å². The highest BCUT2D eigenvalue weighted by atomic mass is 32.2. The summed E-state index contributed by atoms with van der Waals surface area (Å²) in [6, 6.07) is 16.7.